The van der Waals surface area contributed by atoms with Crippen LogP contribution in [0.25, 0.3) is 11.5 Å². The van der Waals surface area contributed by atoms with Crippen LogP contribution in [-0.4, -0.2) is 21.9 Å². The molecule has 1 aromatic heterocycles. The molecule has 1 unspecified atom stereocenters. The van der Waals surface area contributed by atoms with Gasteiger partial charge in [0.2, 0.25) is 5.82 Å². The number of aromatic nitrogens is 2. The molecule has 1 heterocycles. The summed E-state index contributed by atoms with van der Waals surface area (Å²) in [5.74, 6) is 1.12. The molecular formula is C15H20N2O3. The molecular weight excluding hydrogens is 256 g/mol. The van der Waals surface area contributed by atoms with Gasteiger partial charge in [0.25, 0.3) is 5.89 Å². The number of hydrogen-bond donors (Lipinski definition) is 1. The summed E-state index contributed by atoms with van der Waals surface area (Å²) in [7, 11) is 0. The first kappa shape index (κ1) is 14.5. The predicted octanol–water partition coefficient (Wildman–Crippen LogP) is 3.41. The standard InChI is InChI=1S/C15H20N2O3/c1-5-15(4,19-6-2)14-16-13(20-17-14)11-8-7-10(3)12(18)9-11/h7-9,18H,5-6H2,1-4H3. The first-order valence-electron chi connectivity index (χ1n) is 6.78. The summed E-state index contributed by atoms with van der Waals surface area (Å²) in [6, 6.07) is 5.28. The van der Waals surface area contributed by atoms with Crippen molar-refractivity contribution >= 4 is 0 Å². The Labute approximate surface area is 118 Å². The molecule has 108 valence electrons. The molecule has 0 fully saturated rings. The summed E-state index contributed by atoms with van der Waals surface area (Å²) >= 11 is 0. The maximum atomic E-state index is 9.74. The van der Waals surface area contributed by atoms with E-state index < -0.39 is 5.60 Å². The van der Waals surface area contributed by atoms with Crippen molar-refractivity contribution in [2.75, 3.05) is 6.61 Å². The lowest BCUT2D eigenvalue weighted by Crippen LogP contribution is -2.26. The van der Waals surface area contributed by atoms with E-state index in [1.54, 1.807) is 6.07 Å². The van der Waals surface area contributed by atoms with Crippen LogP contribution < -0.4 is 0 Å². The number of aromatic hydroxyl groups is 1. The Morgan fingerprint density at radius 3 is 2.70 bits per heavy atom. The van der Waals surface area contributed by atoms with Crippen LogP contribution in [0.5, 0.6) is 5.75 Å². The van der Waals surface area contributed by atoms with Crippen LogP contribution in [-0.2, 0) is 10.3 Å². The summed E-state index contributed by atoms with van der Waals surface area (Å²) in [5, 5.41) is 13.8. The number of aryl methyl sites for hydroxylation is 1. The molecule has 0 radical (unpaired) electrons. The average molecular weight is 276 g/mol. The van der Waals surface area contributed by atoms with Gasteiger partial charge < -0.3 is 14.4 Å². The zero-order chi connectivity index (χ0) is 14.8. The zero-order valence-electron chi connectivity index (χ0n) is 12.3. The fourth-order valence-electron chi connectivity index (χ4n) is 1.94. The molecule has 0 aliphatic carbocycles. The highest BCUT2D eigenvalue weighted by molar-refractivity contribution is 5.57. The summed E-state index contributed by atoms with van der Waals surface area (Å²) in [5.41, 5.74) is 0.950. The topological polar surface area (TPSA) is 68.4 Å². The molecule has 20 heavy (non-hydrogen) atoms. The lowest BCUT2D eigenvalue weighted by Gasteiger charge is -2.23. The van der Waals surface area contributed by atoms with Crippen LogP contribution in [0.3, 0.4) is 0 Å². The number of phenols is 1. The number of ether oxygens (including phenoxy) is 1. The molecule has 1 aromatic carbocycles. The van der Waals surface area contributed by atoms with E-state index in [4.69, 9.17) is 9.26 Å². The molecule has 2 rings (SSSR count). The van der Waals surface area contributed by atoms with E-state index in [2.05, 4.69) is 10.1 Å². The second-order valence-electron chi connectivity index (χ2n) is 4.94. The average Bonchev–Trinajstić information content (AvgIpc) is 2.92. The molecule has 5 nitrogen and oxygen atoms in total. The van der Waals surface area contributed by atoms with Gasteiger partial charge in [-0.25, -0.2) is 0 Å². The largest absolute Gasteiger partial charge is 0.508 e. The van der Waals surface area contributed by atoms with Crippen molar-refractivity contribution in [3.63, 3.8) is 0 Å². The number of benzene rings is 1. The second kappa shape index (κ2) is 5.63. The lowest BCUT2D eigenvalue weighted by atomic mass is 10.0. The Hall–Kier alpha value is -1.88. The summed E-state index contributed by atoms with van der Waals surface area (Å²) in [4.78, 5) is 4.40. The maximum absolute atomic E-state index is 9.74. The van der Waals surface area contributed by atoms with Crippen molar-refractivity contribution in [2.24, 2.45) is 0 Å². The Morgan fingerprint density at radius 2 is 2.10 bits per heavy atom. The minimum Gasteiger partial charge on any atom is -0.508 e. The highest BCUT2D eigenvalue weighted by atomic mass is 16.5. The van der Waals surface area contributed by atoms with Gasteiger partial charge in [0.15, 0.2) is 0 Å². The fraction of sp³-hybridized carbons (Fsp3) is 0.467. The summed E-state index contributed by atoms with van der Waals surface area (Å²) in [6.07, 6.45) is 0.749. The van der Waals surface area contributed by atoms with Crippen LogP contribution in [0.1, 0.15) is 38.6 Å². The normalized spacial score (nSPS) is 14.2. The van der Waals surface area contributed by atoms with Gasteiger partial charge in [0.1, 0.15) is 11.4 Å². The molecule has 0 aliphatic heterocycles. The van der Waals surface area contributed by atoms with Gasteiger partial charge in [-0.2, -0.15) is 4.98 Å². The molecule has 5 heteroatoms. The van der Waals surface area contributed by atoms with Crippen molar-refractivity contribution in [3.8, 4) is 17.2 Å². The van der Waals surface area contributed by atoms with Gasteiger partial charge in [-0.15, -0.1) is 0 Å². The molecule has 0 saturated carbocycles. The molecule has 1 N–H and O–H groups in total. The third kappa shape index (κ3) is 2.67. The quantitative estimate of drug-likeness (QED) is 0.906. The van der Waals surface area contributed by atoms with Gasteiger partial charge in [0, 0.05) is 12.2 Å². The number of rotatable bonds is 5. The third-order valence-electron chi connectivity index (χ3n) is 3.49. The Morgan fingerprint density at radius 1 is 1.35 bits per heavy atom. The molecule has 2 aromatic rings. The SMILES string of the molecule is CCOC(C)(CC)c1noc(-c2ccc(C)c(O)c2)n1. The number of phenolic OH excluding ortho intramolecular Hbond substituents is 1. The first-order valence-corrected chi connectivity index (χ1v) is 6.78. The van der Waals surface area contributed by atoms with Crippen LogP contribution in [0.2, 0.25) is 0 Å². The monoisotopic (exact) mass is 276 g/mol. The van der Waals surface area contributed by atoms with Gasteiger partial charge in [-0.1, -0.05) is 18.1 Å². The van der Waals surface area contributed by atoms with E-state index in [9.17, 15) is 5.11 Å². The maximum Gasteiger partial charge on any atom is 0.258 e. The lowest BCUT2D eigenvalue weighted by molar-refractivity contribution is -0.0403. The third-order valence-corrected chi connectivity index (χ3v) is 3.49. The van der Waals surface area contributed by atoms with E-state index >= 15 is 0 Å². The molecule has 0 spiro atoms. The summed E-state index contributed by atoms with van der Waals surface area (Å²) in [6.45, 7) is 8.31. The van der Waals surface area contributed by atoms with Crippen LogP contribution in [0, 0.1) is 6.92 Å². The Balaban J connectivity index is 2.34. The molecule has 0 aliphatic rings. The Kier molecular flexibility index (Phi) is 4.09. The van der Waals surface area contributed by atoms with Crippen molar-refractivity contribution in [3.05, 3.63) is 29.6 Å². The van der Waals surface area contributed by atoms with Crippen molar-refractivity contribution in [1.29, 1.82) is 0 Å². The first-order chi connectivity index (χ1) is 9.50. The predicted molar refractivity (Wildman–Crippen MR) is 75.4 cm³/mol. The van der Waals surface area contributed by atoms with Gasteiger partial charge >= 0.3 is 0 Å². The zero-order valence-corrected chi connectivity index (χ0v) is 12.3. The van der Waals surface area contributed by atoms with E-state index in [-0.39, 0.29) is 5.75 Å². The van der Waals surface area contributed by atoms with Gasteiger partial charge in [0.05, 0.1) is 0 Å². The van der Waals surface area contributed by atoms with Crippen LogP contribution in [0.4, 0.5) is 0 Å². The highest BCUT2D eigenvalue weighted by Crippen LogP contribution is 2.30. The summed E-state index contributed by atoms with van der Waals surface area (Å²) < 4.78 is 11.0. The number of nitrogens with zero attached hydrogens (tertiary/aromatic N) is 2. The second-order valence-corrected chi connectivity index (χ2v) is 4.94. The Bertz CT molecular complexity index is 595. The van der Waals surface area contributed by atoms with E-state index in [1.807, 2.05) is 39.8 Å². The van der Waals surface area contributed by atoms with Crippen LogP contribution >= 0.6 is 0 Å². The molecule has 0 saturated heterocycles. The highest BCUT2D eigenvalue weighted by Gasteiger charge is 2.31. The number of hydrogen-bond acceptors (Lipinski definition) is 5. The van der Waals surface area contributed by atoms with Crippen molar-refractivity contribution in [2.45, 2.75) is 39.7 Å². The molecule has 0 bridgehead atoms. The minimum absolute atomic E-state index is 0.213. The van der Waals surface area contributed by atoms with Gasteiger partial charge in [-0.05, 0) is 44.9 Å². The fourth-order valence-corrected chi connectivity index (χ4v) is 1.94. The molecule has 1 atom stereocenters. The van der Waals surface area contributed by atoms with E-state index in [1.165, 1.54) is 0 Å². The van der Waals surface area contributed by atoms with Gasteiger partial charge in [-0.3, -0.25) is 0 Å². The van der Waals surface area contributed by atoms with Crippen molar-refractivity contribution in [1.82, 2.24) is 10.1 Å². The van der Waals surface area contributed by atoms with E-state index in [0.29, 0.717) is 23.9 Å². The smallest absolute Gasteiger partial charge is 0.258 e. The molecule has 0 amide bonds. The van der Waals surface area contributed by atoms with E-state index in [0.717, 1.165) is 12.0 Å². The van der Waals surface area contributed by atoms with Crippen molar-refractivity contribution < 1.29 is 14.4 Å². The van der Waals surface area contributed by atoms with Crippen LogP contribution in [0.15, 0.2) is 22.7 Å². The minimum atomic E-state index is -0.552.